The van der Waals surface area contributed by atoms with Crippen molar-refractivity contribution in [3.63, 3.8) is 0 Å². The van der Waals surface area contributed by atoms with Crippen LogP contribution in [0.15, 0.2) is 70.8 Å². The largest absolute Gasteiger partial charge is 0.523 e. The van der Waals surface area contributed by atoms with E-state index in [0.717, 1.165) is 24.4 Å². The summed E-state index contributed by atoms with van der Waals surface area (Å²) < 4.78 is 111. The van der Waals surface area contributed by atoms with Crippen molar-refractivity contribution < 1.29 is 44.0 Å². The van der Waals surface area contributed by atoms with Crippen LogP contribution in [-0.4, -0.2) is 31.5 Å². The van der Waals surface area contributed by atoms with Crippen LogP contribution in [-0.2, 0) is 30.2 Å². The van der Waals surface area contributed by atoms with E-state index in [-0.39, 0.29) is 30.4 Å². The molecule has 1 spiro atoms. The number of amidine groups is 1. The fourth-order valence-electron chi connectivity index (χ4n) is 4.56. The summed E-state index contributed by atoms with van der Waals surface area (Å²) in [6.45, 7) is -0.0220. The van der Waals surface area contributed by atoms with Crippen molar-refractivity contribution >= 4 is 16.1 Å². The third kappa shape index (κ3) is 3.63. The number of aromatic nitrogens is 1. The molecule has 2 aliphatic heterocycles. The van der Waals surface area contributed by atoms with Gasteiger partial charge in [0.25, 0.3) is 6.02 Å². The van der Waals surface area contributed by atoms with Crippen LogP contribution in [0.5, 0.6) is 5.75 Å². The first-order chi connectivity index (χ1) is 16.9. The van der Waals surface area contributed by atoms with Crippen molar-refractivity contribution in [3.8, 4) is 5.75 Å². The summed E-state index contributed by atoms with van der Waals surface area (Å²) >= 11 is 0. The van der Waals surface area contributed by atoms with Crippen molar-refractivity contribution in [1.29, 1.82) is 0 Å². The molecule has 0 amide bonds. The molecule has 5 rings (SSSR count). The summed E-state index contributed by atoms with van der Waals surface area (Å²) in [5.41, 5.74) is -5.01. The van der Waals surface area contributed by atoms with Crippen LogP contribution < -0.4 is 10.5 Å². The lowest BCUT2D eigenvalue weighted by atomic mass is 9.71. The minimum atomic E-state index is -6.35. The fraction of sp³-hybridized carbons (Fsp3) is 0.273. The first-order valence-corrected chi connectivity index (χ1v) is 11.8. The summed E-state index contributed by atoms with van der Waals surface area (Å²) in [7, 11) is -6.35. The zero-order chi connectivity index (χ0) is 25.9. The summed E-state index contributed by atoms with van der Waals surface area (Å²) in [4.78, 5) is 7.73. The maximum atomic E-state index is 15.7. The molecule has 0 fully saturated rings. The fourth-order valence-corrected chi connectivity index (χ4v) is 5.24. The quantitative estimate of drug-likeness (QED) is 0.278. The lowest BCUT2D eigenvalue weighted by Crippen LogP contribution is -2.45. The molecule has 0 saturated carbocycles. The molecule has 0 radical (unpaired) electrons. The first kappa shape index (κ1) is 24.2. The van der Waals surface area contributed by atoms with E-state index in [1.165, 1.54) is 6.07 Å². The Morgan fingerprint density at radius 3 is 2.50 bits per heavy atom. The van der Waals surface area contributed by atoms with E-state index in [1.54, 1.807) is 18.2 Å². The van der Waals surface area contributed by atoms with Gasteiger partial charge in [-0.1, -0.05) is 18.2 Å². The minimum absolute atomic E-state index is 0.0220. The first-order valence-electron chi connectivity index (χ1n) is 10.4. The number of para-hydroxylation sites is 1. The highest BCUT2D eigenvalue weighted by molar-refractivity contribution is 7.87. The number of ether oxygens (including phenoxy) is 2. The van der Waals surface area contributed by atoms with Crippen molar-refractivity contribution in [1.82, 2.24) is 4.98 Å². The third-order valence-corrected chi connectivity index (χ3v) is 7.13. The zero-order valence-electron chi connectivity index (χ0n) is 18.1. The molecule has 14 heteroatoms. The number of alkyl halides is 3. The summed E-state index contributed by atoms with van der Waals surface area (Å²) in [6, 6.07) is 8.15. The Hall–Kier alpha value is -3.52. The Kier molecular flexibility index (Phi) is 5.37. The molecular formula is C22H16F5N3O5S. The lowest BCUT2D eigenvalue weighted by molar-refractivity contribution is -0.0631. The number of nitrogens with zero attached hydrogens (tertiary/aromatic N) is 2. The van der Waals surface area contributed by atoms with Crippen molar-refractivity contribution in [3.05, 3.63) is 82.9 Å². The molecule has 36 heavy (non-hydrogen) atoms. The van der Waals surface area contributed by atoms with E-state index in [0.29, 0.717) is 5.56 Å². The molecule has 190 valence electrons. The van der Waals surface area contributed by atoms with Gasteiger partial charge in [0.05, 0.1) is 6.61 Å². The third-order valence-electron chi connectivity index (χ3n) is 6.05. The number of fused-ring (bicyclic) bond motifs is 4. The standard InChI is InChI=1S/C22H16F5N3O5S/c23-15-11-20(13-5-3-8-29-18(13)24,35-36(31,32)22(25,26)27)10-14-17(15)34-16-6-2-1-4-12(16)21(14)7-9-33-19(28)30-21/h1-6,8,10H,7,9,11H2,(H2,28,30). The molecule has 1 aromatic carbocycles. The number of hydrogen-bond acceptors (Lipinski definition) is 8. The van der Waals surface area contributed by atoms with Crippen LogP contribution in [0.1, 0.15) is 24.0 Å². The average Bonchev–Trinajstić information content (AvgIpc) is 2.80. The summed E-state index contributed by atoms with van der Waals surface area (Å²) in [5.74, 6) is -2.77. The van der Waals surface area contributed by atoms with Crippen molar-refractivity contribution in [2.45, 2.75) is 29.5 Å². The topological polar surface area (TPSA) is 113 Å². The Morgan fingerprint density at radius 1 is 1.08 bits per heavy atom. The number of hydrogen-bond donors (Lipinski definition) is 1. The predicted molar refractivity (Wildman–Crippen MR) is 114 cm³/mol. The van der Waals surface area contributed by atoms with Crippen LogP contribution in [0.4, 0.5) is 22.0 Å². The monoisotopic (exact) mass is 529 g/mol. The molecule has 1 aromatic heterocycles. The van der Waals surface area contributed by atoms with Crippen molar-refractivity contribution in [2.24, 2.45) is 10.7 Å². The highest BCUT2D eigenvalue weighted by Gasteiger charge is 2.57. The number of nitrogens with two attached hydrogens (primary N) is 1. The van der Waals surface area contributed by atoms with Gasteiger partial charge in [-0.2, -0.15) is 26.0 Å². The Balaban J connectivity index is 1.83. The van der Waals surface area contributed by atoms with Gasteiger partial charge in [-0.25, -0.2) is 18.5 Å². The van der Waals surface area contributed by atoms with Gasteiger partial charge < -0.3 is 15.2 Å². The van der Waals surface area contributed by atoms with Gasteiger partial charge in [-0.15, -0.1) is 0 Å². The van der Waals surface area contributed by atoms with Gasteiger partial charge in [-0.3, -0.25) is 0 Å². The van der Waals surface area contributed by atoms with Gasteiger partial charge in [0.1, 0.15) is 22.7 Å². The Labute approximate surface area is 201 Å². The van der Waals surface area contributed by atoms with E-state index in [9.17, 15) is 26.0 Å². The molecular weight excluding hydrogens is 513 g/mol. The van der Waals surface area contributed by atoms with E-state index < -0.39 is 56.3 Å². The average molecular weight is 529 g/mol. The van der Waals surface area contributed by atoms with Gasteiger partial charge in [-0.05, 0) is 24.3 Å². The highest BCUT2D eigenvalue weighted by atomic mass is 32.2. The van der Waals surface area contributed by atoms with Crippen LogP contribution in [0.2, 0.25) is 0 Å². The normalized spacial score (nSPS) is 25.8. The summed E-state index contributed by atoms with van der Waals surface area (Å²) in [5, 5.41) is 0. The second-order valence-corrected chi connectivity index (χ2v) is 9.73. The van der Waals surface area contributed by atoms with Gasteiger partial charge in [0.15, 0.2) is 5.76 Å². The molecule has 1 aliphatic carbocycles. The summed E-state index contributed by atoms with van der Waals surface area (Å²) in [6.07, 6.45) is 0.752. The van der Waals surface area contributed by atoms with Gasteiger partial charge in [0.2, 0.25) is 5.95 Å². The Bertz CT molecular complexity index is 1460. The van der Waals surface area contributed by atoms with Crippen LogP contribution in [0, 0.1) is 5.95 Å². The molecule has 2 atom stereocenters. The molecule has 2 unspecified atom stereocenters. The molecule has 0 saturated heterocycles. The molecule has 2 N–H and O–H groups in total. The maximum Gasteiger partial charge on any atom is 0.523 e. The maximum absolute atomic E-state index is 15.7. The number of pyridine rings is 1. The van der Waals surface area contributed by atoms with Crippen molar-refractivity contribution in [2.75, 3.05) is 6.61 Å². The number of aliphatic imine (C=N–C) groups is 1. The predicted octanol–water partition coefficient (Wildman–Crippen LogP) is 3.82. The lowest BCUT2D eigenvalue weighted by Gasteiger charge is -2.44. The van der Waals surface area contributed by atoms with Crippen LogP contribution in [0.25, 0.3) is 0 Å². The number of benzene rings is 1. The number of rotatable bonds is 3. The second kappa shape index (κ2) is 8.00. The second-order valence-electron chi connectivity index (χ2n) is 8.19. The molecule has 2 aromatic rings. The van der Waals surface area contributed by atoms with Gasteiger partial charge >= 0.3 is 15.6 Å². The number of halogens is 5. The van der Waals surface area contributed by atoms with E-state index in [1.807, 2.05) is 0 Å². The van der Waals surface area contributed by atoms with E-state index >= 15 is 4.39 Å². The molecule has 3 heterocycles. The minimum Gasteiger partial charge on any atom is -0.465 e. The smallest absolute Gasteiger partial charge is 0.465 e. The SMILES string of the molecule is NC1=NC2(CCO1)C1=CC(OS(=O)(=O)C(F)(F)F)(c3cccnc3F)CC(F)=C1Oc1ccccc12. The zero-order valence-corrected chi connectivity index (χ0v) is 18.9. The molecule has 0 bridgehead atoms. The Morgan fingerprint density at radius 2 is 1.81 bits per heavy atom. The molecule has 3 aliphatic rings. The van der Waals surface area contributed by atoms with E-state index in [4.69, 9.17) is 15.2 Å². The van der Waals surface area contributed by atoms with Crippen LogP contribution in [0.3, 0.4) is 0 Å². The highest BCUT2D eigenvalue weighted by Crippen LogP contribution is 2.56. The molecule has 8 nitrogen and oxygen atoms in total. The van der Waals surface area contributed by atoms with Crippen LogP contribution >= 0.6 is 0 Å². The van der Waals surface area contributed by atoms with Gasteiger partial charge in [0, 0.05) is 35.7 Å². The van der Waals surface area contributed by atoms with E-state index in [2.05, 4.69) is 14.2 Å².